The van der Waals surface area contributed by atoms with Crippen LogP contribution in [-0.2, 0) is 4.79 Å². The van der Waals surface area contributed by atoms with Gasteiger partial charge in [-0.2, -0.15) is 0 Å². The second-order valence-electron chi connectivity index (χ2n) is 3.47. The van der Waals surface area contributed by atoms with E-state index in [4.69, 9.17) is 10.3 Å². The lowest BCUT2D eigenvalue weighted by Gasteiger charge is -2.19. The molecule has 1 aliphatic rings. The van der Waals surface area contributed by atoms with E-state index in [0.29, 0.717) is 11.4 Å². The summed E-state index contributed by atoms with van der Waals surface area (Å²) in [7, 11) is 0. The largest absolute Gasteiger partial charge is 0.482 e. The Morgan fingerprint density at radius 2 is 2.44 bits per heavy atom. The van der Waals surface area contributed by atoms with Crippen LogP contribution in [-0.4, -0.2) is 12.5 Å². The third-order valence-electron chi connectivity index (χ3n) is 2.34. The SMILES string of the molecule is C[C@H](N=[N+]=[N-])c1ccc2c(c1)NC(=O)CO2. The molecule has 0 saturated carbocycles. The number of nitrogens with one attached hydrogen (secondary N) is 1. The van der Waals surface area contributed by atoms with E-state index in [0.717, 1.165) is 5.56 Å². The summed E-state index contributed by atoms with van der Waals surface area (Å²) in [5.41, 5.74) is 9.80. The van der Waals surface area contributed by atoms with Crippen molar-refractivity contribution < 1.29 is 9.53 Å². The van der Waals surface area contributed by atoms with Gasteiger partial charge in [0.25, 0.3) is 5.91 Å². The fourth-order valence-electron chi connectivity index (χ4n) is 1.50. The van der Waals surface area contributed by atoms with Gasteiger partial charge < -0.3 is 10.1 Å². The van der Waals surface area contributed by atoms with Crippen LogP contribution in [0.2, 0.25) is 0 Å². The third-order valence-corrected chi connectivity index (χ3v) is 2.34. The van der Waals surface area contributed by atoms with E-state index in [1.807, 2.05) is 6.07 Å². The lowest BCUT2D eigenvalue weighted by atomic mass is 10.1. The lowest BCUT2D eigenvalue weighted by Crippen LogP contribution is -2.25. The number of azide groups is 1. The number of anilines is 1. The molecule has 0 unspecified atom stereocenters. The van der Waals surface area contributed by atoms with Crippen molar-refractivity contribution in [2.24, 2.45) is 5.11 Å². The highest BCUT2D eigenvalue weighted by Crippen LogP contribution is 2.31. The smallest absolute Gasteiger partial charge is 0.262 e. The van der Waals surface area contributed by atoms with Crippen molar-refractivity contribution in [3.05, 3.63) is 34.2 Å². The number of carbonyl (C=O) groups is 1. The van der Waals surface area contributed by atoms with Gasteiger partial charge in [0.15, 0.2) is 6.61 Å². The Labute approximate surface area is 91.8 Å². The molecule has 0 aromatic heterocycles. The number of hydrogen-bond donors (Lipinski definition) is 1. The molecule has 0 spiro atoms. The molecule has 0 bridgehead atoms. The molecule has 6 nitrogen and oxygen atoms in total. The summed E-state index contributed by atoms with van der Waals surface area (Å²) in [5.74, 6) is 0.456. The maximum Gasteiger partial charge on any atom is 0.262 e. The van der Waals surface area contributed by atoms with Crippen LogP contribution in [0.5, 0.6) is 5.75 Å². The van der Waals surface area contributed by atoms with Crippen molar-refractivity contribution in [3.63, 3.8) is 0 Å². The van der Waals surface area contributed by atoms with Crippen molar-refractivity contribution in [2.75, 3.05) is 11.9 Å². The first-order chi connectivity index (χ1) is 7.70. The molecule has 1 aromatic carbocycles. The molecule has 1 heterocycles. The average molecular weight is 218 g/mol. The summed E-state index contributed by atoms with van der Waals surface area (Å²) in [6, 6.07) is 5.06. The molecule has 1 aromatic rings. The first kappa shape index (κ1) is 10.3. The van der Waals surface area contributed by atoms with E-state index < -0.39 is 0 Å². The zero-order valence-corrected chi connectivity index (χ0v) is 8.67. The highest BCUT2D eigenvalue weighted by Gasteiger charge is 2.16. The van der Waals surface area contributed by atoms with E-state index in [1.54, 1.807) is 19.1 Å². The Balaban J connectivity index is 2.34. The van der Waals surface area contributed by atoms with Crippen molar-refractivity contribution in [1.29, 1.82) is 0 Å². The number of nitrogens with zero attached hydrogens (tertiary/aromatic N) is 3. The Bertz CT molecular complexity index is 480. The lowest BCUT2D eigenvalue weighted by molar-refractivity contribution is -0.118. The molecular weight excluding hydrogens is 208 g/mol. The van der Waals surface area contributed by atoms with Gasteiger partial charge in [-0.1, -0.05) is 18.1 Å². The molecule has 1 amide bonds. The number of benzene rings is 1. The van der Waals surface area contributed by atoms with Crippen molar-refractivity contribution in [2.45, 2.75) is 13.0 Å². The Morgan fingerprint density at radius 1 is 1.62 bits per heavy atom. The molecule has 1 aliphatic heterocycles. The van der Waals surface area contributed by atoms with Crippen molar-refractivity contribution >= 4 is 11.6 Å². The second-order valence-corrected chi connectivity index (χ2v) is 3.47. The van der Waals surface area contributed by atoms with Gasteiger partial charge in [0.2, 0.25) is 0 Å². The van der Waals surface area contributed by atoms with Gasteiger partial charge >= 0.3 is 0 Å². The molecule has 6 heteroatoms. The van der Waals surface area contributed by atoms with Crippen LogP contribution in [0.3, 0.4) is 0 Å². The molecule has 2 rings (SSSR count). The summed E-state index contributed by atoms with van der Waals surface area (Å²) >= 11 is 0. The Morgan fingerprint density at radius 3 is 3.19 bits per heavy atom. The highest BCUT2D eigenvalue weighted by molar-refractivity contribution is 5.95. The van der Waals surface area contributed by atoms with Crippen LogP contribution in [0.25, 0.3) is 10.4 Å². The molecule has 0 saturated heterocycles. The minimum absolute atomic E-state index is 0.0399. The average Bonchev–Trinajstić information content (AvgIpc) is 2.28. The normalized spacial score (nSPS) is 15.2. The standard InChI is InChI=1S/C10H10N4O2/c1-6(13-14-11)7-2-3-9-8(4-7)12-10(15)5-16-9/h2-4,6H,5H2,1H3,(H,12,15)/t6-/m0/s1. The van der Waals surface area contributed by atoms with Crippen LogP contribution in [0, 0.1) is 0 Å². The minimum atomic E-state index is -0.269. The third kappa shape index (κ3) is 1.92. The van der Waals surface area contributed by atoms with Crippen LogP contribution >= 0.6 is 0 Å². The van der Waals surface area contributed by atoms with Gasteiger partial charge in [-0.05, 0) is 23.2 Å². The summed E-state index contributed by atoms with van der Waals surface area (Å²) < 4.78 is 5.21. The van der Waals surface area contributed by atoms with Crippen LogP contribution in [0.1, 0.15) is 18.5 Å². The predicted molar refractivity (Wildman–Crippen MR) is 58.1 cm³/mol. The van der Waals surface area contributed by atoms with Gasteiger partial charge in [-0.3, -0.25) is 4.79 Å². The van der Waals surface area contributed by atoms with Gasteiger partial charge in [0, 0.05) is 4.91 Å². The number of rotatable bonds is 2. The number of hydrogen-bond acceptors (Lipinski definition) is 3. The van der Waals surface area contributed by atoms with Crippen LogP contribution in [0.4, 0.5) is 5.69 Å². The van der Waals surface area contributed by atoms with E-state index in [9.17, 15) is 4.79 Å². The number of carbonyl (C=O) groups excluding carboxylic acids is 1. The summed E-state index contributed by atoms with van der Waals surface area (Å²) in [6.45, 7) is 1.82. The molecule has 0 fully saturated rings. The summed E-state index contributed by atoms with van der Waals surface area (Å²) in [4.78, 5) is 13.9. The number of fused-ring (bicyclic) bond motifs is 1. The summed E-state index contributed by atoms with van der Waals surface area (Å²) in [5, 5.41) is 6.29. The van der Waals surface area contributed by atoms with Crippen LogP contribution < -0.4 is 10.1 Å². The van der Waals surface area contributed by atoms with E-state index >= 15 is 0 Å². The molecule has 1 atom stereocenters. The number of amides is 1. The monoisotopic (exact) mass is 218 g/mol. The highest BCUT2D eigenvalue weighted by atomic mass is 16.5. The minimum Gasteiger partial charge on any atom is -0.482 e. The van der Waals surface area contributed by atoms with E-state index in [1.165, 1.54) is 0 Å². The molecule has 1 N–H and O–H groups in total. The van der Waals surface area contributed by atoms with Crippen molar-refractivity contribution in [1.82, 2.24) is 0 Å². The first-order valence-corrected chi connectivity index (χ1v) is 4.81. The summed E-state index contributed by atoms with van der Waals surface area (Å²) in [6.07, 6.45) is 0. The fraction of sp³-hybridized carbons (Fsp3) is 0.300. The first-order valence-electron chi connectivity index (χ1n) is 4.81. The van der Waals surface area contributed by atoms with Crippen LogP contribution in [0.15, 0.2) is 23.3 Å². The van der Waals surface area contributed by atoms with Gasteiger partial charge in [-0.15, -0.1) is 0 Å². The molecule has 16 heavy (non-hydrogen) atoms. The molecule has 0 radical (unpaired) electrons. The predicted octanol–water partition coefficient (Wildman–Crippen LogP) is 2.39. The molecule has 82 valence electrons. The topological polar surface area (TPSA) is 87.1 Å². The zero-order valence-electron chi connectivity index (χ0n) is 8.67. The second kappa shape index (κ2) is 4.12. The number of ether oxygens (including phenoxy) is 1. The quantitative estimate of drug-likeness (QED) is 0.469. The van der Waals surface area contributed by atoms with E-state index in [2.05, 4.69) is 15.3 Å². The Kier molecular flexibility index (Phi) is 2.66. The van der Waals surface area contributed by atoms with Gasteiger partial charge in [0.1, 0.15) is 5.75 Å². The fourth-order valence-corrected chi connectivity index (χ4v) is 1.50. The maximum atomic E-state index is 11.1. The molecule has 0 aliphatic carbocycles. The van der Waals surface area contributed by atoms with E-state index in [-0.39, 0.29) is 18.6 Å². The maximum absolute atomic E-state index is 11.1. The van der Waals surface area contributed by atoms with Crippen molar-refractivity contribution in [3.8, 4) is 5.75 Å². The molecular formula is C10H10N4O2. The Hall–Kier alpha value is -2.20. The zero-order chi connectivity index (χ0) is 11.5. The van der Waals surface area contributed by atoms with Gasteiger partial charge in [-0.25, -0.2) is 0 Å². The van der Waals surface area contributed by atoms with Gasteiger partial charge in [0.05, 0.1) is 11.7 Å².